The van der Waals surface area contributed by atoms with Gasteiger partial charge in [0.1, 0.15) is 6.61 Å². The van der Waals surface area contributed by atoms with Gasteiger partial charge in [-0.2, -0.15) is 0 Å². The molecule has 2 aromatic carbocycles. The van der Waals surface area contributed by atoms with E-state index in [9.17, 15) is 15.1 Å². The van der Waals surface area contributed by atoms with Gasteiger partial charge >= 0.3 is 11.8 Å². The number of nitrogens with one attached hydrogen (secondary N) is 1. The maximum absolute atomic E-state index is 12.1. The second-order valence-corrected chi connectivity index (χ2v) is 6.68. The normalized spacial score (nSPS) is 19.2. The molecular weight excluding hydrogens is 338 g/mol. The fourth-order valence-corrected chi connectivity index (χ4v) is 3.52. The number of rotatable bonds is 6. The van der Waals surface area contributed by atoms with Crippen LogP contribution in [0.2, 0.25) is 0 Å². The highest BCUT2D eigenvalue weighted by molar-refractivity contribution is 7.99. The molecule has 0 aromatic heterocycles. The molecule has 0 unspecified atom stereocenters. The summed E-state index contributed by atoms with van der Waals surface area (Å²) in [5.41, 5.74) is 9.36. The number of hydrogen-bond acceptors (Lipinski definition) is 4. The summed E-state index contributed by atoms with van der Waals surface area (Å²) in [5.74, 6) is -0.0673. The third-order valence-corrected chi connectivity index (χ3v) is 5.08. The van der Waals surface area contributed by atoms with Crippen LogP contribution >= 0.6 is 11.8 Å². The monoisotopic (exact) mass is 355 g/mol. The Hall–Kier alpha value is -2.67. The number of benzene rings is 2. The van der Waals surface area contributed by atoms with Crippen molar-refractivity contribution in [1.29, 1.82) is 0 Å². The number of ether oxygens (including phenoxy) is 1. The zero-order chi connectivity index (χ0) is 17.7. The van der Waals surface area contributed by atoms with Gasteiger partial charge in [-0.15, -0.1) is 11.8 Å². The first-order valence-electron chi connectivity index (χ1n) is 7.77. The first kappa shape index (κ1) is 17.2. The average Bonchev–Trinajstić information content (AvgIpc) is 2.65. The fraction of sp³-hybridized carbons (Fsp3) is 0.222. The van der Waals surface area contributed by atoms with E-state index in [0.29, 0.717) is 0 Å². The van der Waals surface area contributed by atoms with Crippen LogP contribution in [0.15, 0.2) is 65.6 Å². The van der Waals surface area contributed by atoms with Crippen LogP contribution in [-0.2, 0) is 16.1 Å². The predicted octanol–water partition coefficient (Wildman–Crippen LogP) is 3.02. The van der Waals surface area contributed by atoms with E-state index in [1.165, 1.54) is 11.8 Å². The van der Waals surface area contributed by atoms with Gasteiger partial charge in [-0.25, -0.2) is 4.79 Å². The molecule has 3 rings (SSSR count). The summed E-state index contributed by atoms with van der Waals surface area (Å²) < 4.78 is 6.00. The number of hydrogen-bond donors (Lipinski definition) is 1. The van der Waals surface area contributed by atoms with Crippen molar-refractivity contribution in [3.05, 3.63) is 71.8 Å². The Morgan fingerprint density at radius 1 is 1.16 bits per heavy atom. The molecule has 0 aliphatic carbocycles. The van der Waals surface area contributed by atoms with Gasteiger partial charge in [-0.05, 0) is 17.7 Å². The molecule has 6 nitrogen and oxygen atoms in total. The zero-order valence-electron chi connectivity index (χ0n) is 13.4. The van der Waals surface area contributed by atoms with Gasteiger partial charge in [-0.3, -0.25) is 14.8 Å². The quantitative estimate of drug-likeness (QED) is 0.638. The molecule has 2 aromatic rings. The molecule has 1 aliphatic rings. The Bertz CT molecular complexity index is 767. The average molecular weight is 355 g/mol. The van der Waals surface area contributed by atoms with Crippen LogP contribution in [0.1, 0.15) is 5.56 Å². The Morgan fingerprint density at radius 3 is 2.40 bits per heavy atom. The van der Waals surface area contributed by atoms with Crippen molar-refractivity contribution in [3.8, 4) is 0 Å². The van der Waals surface area contributed by atoms with Gasteiger partial charge in [0.05, 0.1) is 5.75 Å². The Labute approximate surface area is 149 Å². The second kappa shape index (κ2) is 7.48. The highest BCUT2D eigenvalue weighted by atomic mass is 32.2. The Morgan fingerprint density at radius 2 is 1.80 bits per heavy atom. The van der Waals surface area contributed by atoms with E-state index in [2.05, 4.69) is 5.32 Å². The van der Waals surface area contributed by atoms with Crippen molar-refractivity contribution in [3.63, 3.8) is 0 Å². The van der Waals surface area contributed by atoms with Crippen LogP contribution in [-0.4, -0.2) is 34.5 Å². The van der Waals surface area contributed by atoms with Crippen LogP contribution in [0.5, 0.6) is 0 Å². The third-order valence-electron chi connectivity index (χ3n) is 3.91. The number of thioether (sulfide) groups is 1. The topological polar surface area (TPSA) is 80.7 Å². The smallest absolute Gasteiger partial charge is 0.413 e. The molecule has 1 atom stereocenters. The lowest BCUT2D eigenvalue weighted by Gasteiger charge is -2.38. The Balaban J connectivity index is 1.61. The summed E-state index contributed by atoms with van der Waals surface area (Å²) in [6.07, 6.45) is -0.746. The van der Waals surface area contributed by atoms with Gasteiger partial charge in [0.25, 0.3) is 5.78 Å². The molecule has 1 saturated heterocycles. The van der Waals surface area contributed by atoms with Crippen molar-refractivity contribution in [2.75, 3.05) is 12.3 Å². The minimum Gasteiger partial charge on any atom is -0.504 e. The van der Waals surface area contributed by atoms with Gasteiger partial charge in [0.2, 0.25) is 6.54 Å². The summed E-state index contributed by atoms with van der Waals surface area (Å²) >= 11 is 1.37. The summed E-state index contributed by atoms with van der Waals surface area (Å²) in [6.45, 7) is -0.0253. The molecule has 0 radical (unpaired) electrons. The summed E-state index contributed by atoms with van der Waals surface area (Å²) in [7, 11) is 0. The van der Waals surface area contributed by atoms with E-state index in [1.807, 2.05) is 60.7 Å². The van der Waals surface area contributed by atoms with Gasteiger partial charge < -0.3 is 10.3 Å². The van der Waals surface area contributed by atoms with Crippen molar-refractivity contribution in [2.24, 2.45) is 0 Å². The van der Waals surface area contributed by atoms with Crippen LogP contribution < -0.4 is 5.32 Å². The van der Waals surface area contributed by atoms with E-state index >= 15 is 0 Å². The number of alkyl carbamates (subject to hydrolysis) is 1. The number of Topliss-reactive ketones (excluding diaryl/α,β-unsaturated/α-hetero) is 1. The lowest BCUT2D eigenvalue weighted by molar-refractivity contribution is -0.639. The Kier molecular flexibility index (Phi) is 5.14. The van der Waals surface area contributed by atoms with Crippen molar-refractivity contribution < 1.29 is 19.0 Å². The molecule has 1 aliphatic heterocycles. The lowest BCUT2D eigenvalue weighted by Crippen LogP contribution is -2.72. The van der Waals surface area contributed by atoms with Crippen LogP contribution in [0.4, 0.5) is 4.79 Å². The van der Waals surface area contributed by atoms with Crippen LogP contribution in [0, 0.1) is 0 Å². The molecule has 1 heterocycles. The van der Waals surface area contributed by atoms with Gasteiger partial charge in [-0.1, -0.05) is 48.5 Å². The molecule has 128 valence electrons. The number of carbonyl (C=O) groups is 2. The standard InChI is InChI=1S/C18H17N3O3S/c19-21-11-16(22)18(21,13-25-15-9-5-2-6-10-15)20-17(23)24-12-14-7-3-1-4-8-14/h1-10H,11-13H2,(H,20,23)/t18-/m1/s1. The van der Waals surface area contributed by atoms with Crippen LogP contribution in [0.25, 0.3) is 5.53 Å². The fourth-order valence-electron chi connectivity index (χ4n) is 2.41. The molecule has 0 bridgehead atoms. The van der Waals surface area contributed by atoms with Crippen molar-refractivity contribution in [1.82, 2.24) is 5.32 Å². The first-order chi connectivity index (χ1) is 12.1. The molecule has 0 spiro atoms. The van der Waals surface area contributed by atoms with Gasteiger partial charge in [0.15, 0.2) is 0 Å². The maximum atomic E-state index is 12.1. The zero-order valence-corrected chi connectivity index (χ0v) is 14.2. The number of nitrogens with zero attached hydrogens (tertiary/aromatic N) is 2. The number of ketones is 1. The number of carbonyl (C=O) groups excluding carboxylic acids is 2. The third kappa shape index (κ3) is 3.88. The molecule has 1 N–H and O–H groups in total. The van der Waals surface area contributed by atoms with E-state index in [-0.39, 0.29) is 24.7 Å². The van der Waals surface area contributed by atoms with Crippen molar-refractivity contribution >= 4 is 23.6 Å². The second-order valence-electron chi connectivity index (χ2n) is 5.63. The molecule has 0 saturated carbocycles. The molecule has 1 amide bonds. The minimum atomic E-state index is -1.45. The van der Waals surface area contributed by atoms with E-state index in [0.717, 1.165) is 15.2 Å². The maximum Gasteiger partial charge on any atom is 0.413 e. The molecule has 7 heteroatoms. The molecule has 1 fully saturated rings. The summed E-state index contributed by atoms with van der Waals surface area (Å²) in [6, 6.07) is 18.7. The number of amides is 1. The predicted molar refractivity (Wildman–Crippen MR) is 93.2 cm³/mol. The van der Waals surface area contributed by atoms with E-state index < -0.39 is 11.8 Å². The molecular formula is C18H17N3O3S. The van der Waals surface area contributed by atoms with E-state index in [1.54, 1.807) is 0 Å². The van der Waals surface area contributed by atoms with Gasteiger partial charge in [0, 0.05) is 4.90 Å². The van der Waals surface area contributed by atoms with Crippen molar-refractivity contribution in [2.45, 2.75) is 17.2 Å². The highest BCUT2D eigenvalue weighted by Crippen LogP contribution is 2.29. The first-order valence-corrected chi connectivity index (χ1v) is 8.75. The SMILES string of the molecule is [N-]=[N+]1CC(=O)[C@]1(CSc1ccccc1)NC(=O)OCc1ccccc1. The largest absolute Gasteiger partial charge is 0.504 e. The minimum absolute atomic E-state index is 0.0915. The highest BCUT2D eigenvalue weighted by Gasteiger charge is 2.58. The summed E-state index contributed by atoms with van der Waals surface area (Å²) in [5, 5.41) is 2.51. The molecule has 25 heavy (non-hydrogen) atoms. The lowest BCUT2D eigenvalue weighted by atomic mass is 9.98. The summed E-state index contributed by atoms with van der Waals surface area (Å²) in [4.78, 5) is 25.1. The van der Waals surface area contributed by atoms with E-state index in [4.69, 9.17) is 4.74 Å². The van der Waals surface area contributed by atoms with Crippen LogP contribution in [0.3, 0.4) is 0 Å².